The summed E-state index contributed by atoms with van der Waals surface area (Å²) in [4.78, 5) is 4.56. The van der Waals surface area contributed by atoms with Gasteiger partial charge in [-0.1, -0.05) is 17.7 Å². The lowest BCUT2D eigenvalue weighted by Crippen LogP contribution is -1.95. The Balaban J connectivity index is 2.09. The highest BCUT2D eigenvalue weighted by molar-refractivity contribution is 6.30. The number of nitrogens with one attached hydrogen (secondary N) is 1. The predicted molar refractivity (Wildman–Crippen MR) is 87.8 cm³/mol. The first-order valence-corrected chi connectivity index (χ1v) is 7.01. The van der Waals surface area contributed by atoms with Crippen LogP contribution in [0, 0.1) is 6.92 Å². The van der Waals surface area contributed by atoms with Gasteiger partial charge in [-0.15, -0.1) is 0 Å². The molecule has 0 unspecified atom stereocenters. The SMILES string of the molecule is COc1ccc2c(Nc3cccc(Cl)c3)cc(C)nc2c1. The summed E-state index contributed by atoms with van der Waals surface area (Å²) in [5, 5.41) is 5.15. The van der Waals surface area contributed by atoms with E-state index in [0.29, 0.717) is 5.02 Å². The van der Waals surface area contributed by atoms with E-state index in [1.807, 2.05) is 55.5 Å². The summed E-state index contributed by atoms with van der Waals surface area (Å²) in [6, 6.07) is 15.6. The minimum absolute atomic E-state index is 0.705. The van der Waals surface area contributed by atoms with Gasteiger partial charge >= 0.3 is 0 Å². The molecule has 3 nitrogen and oxygen atoms in total. The Bertz CT molecular complexity index is 802. The van der Waals surface area contributed by atoms with Crippen LogP contribution in [0.25, 0.3) is 10.9 Å². The molecule has 3 rings (SSSR count). The van der Waals surface area contributed by atoms with Crippen molar-refractivity contribution in [3.05, 3.63) is 59.2 Å². The summed E-state index contributed by atoms with van der Waals surface area (Å²) in [7, 11) is 1.65. The van der Waals surface area contributed by atoms with Crippen molar-refractivity contribution in [2.45, 2.75) is 6.92 Å². The highest BCUT2D eigenvalue weighted by atomic mass is 35.5. The van der Waals surface area contributed by atoms with Crippen LogP contribution in [0.4, 0.5) is 11.4 Å². The van der Waals surface area contributed by atoms with Crippen LogP contribution in [0.15, 0.2) is 48.5 Å². The number of aromatic nitrogens is 1. The average molecular weight is 299 g/mol. The Kier molecular flexibility index (Phi) is 3.67. The zero-order chi connectivity index (χ0) is 14.8. The summed E-state index contributed by atoms with van der Waals surface area (Å²) in [5.74, 6) is 0.800. The minimum Gasteiger partial charge on any atom is -0.497 e. The van der Waals surface area contributed by atoms with Gasteiger partial charge in [0.1, 0.15) is 5.75 Å². The van der Waals surface area contributed by atoms with Gasteiger partial charge in [0.2, 0.25) is 0 Å². The molecule has 0 aliphatic carbocycles. The molecule has 1 N–H and O–H groups in total. The second kappa shape index (κ2) is 5.62. The number of pyridine rings is 1. The van der Waals surface area contributed by atoms with Crippen LogP contribution in [0.2, 0.25) is 5.02 Å². The number of aryl methyl sites for hydroxylation is 1. The molecule has 0 radical (unpaired) electrons. The van der Waals surface area contributed by atoms with Crippen molar-refractivity contribution in [2.75, 3.05) is 12.4 Å². The number of nitrogens with zero attached hydrogens (tertiary/aromatic N) is 1. The lowest BCUT2D eigenvalue weighted by atomic mass is 10.1. The number of methoxy groups -OCH3 is 1. The molecule has 0 spiro atoms. The second-order valence-electron chi connectivity index (χ2n) is 4.83. The molecule has 1 aromatic heterocycles. The highest BCUT2D eigenvalue weighted by Crippen LogP contribution is 2.29. The zero-order valence-electron chi connectivity index (χ0n) is 11.9. The number of anilines is 2. The normalized spacial score (nSPS) is 10.6. The third kappa shape index (κ3) is 2.93. The number of benzene rings is 2. The lowest BCUT2D eigenvalue weighted by Gasteiger charge is -2.12. The van der Waals surface area contributed by atoms with Gasteiger partial charge in [0, 0.05) is 33.5 Å². The Morgan fingerprint density at radius 2 is 1.95 bits per heavy atom. The maximum absolute atomic E-state index is 6.03. The van der Waals surface area contributed by atoms with Gasteiger partial charge in [-0.2, -0.15) is 0 Å². The smallest absolute Gasteiger partial charge is 0.121 e. The summed E-state index contributed by atoms with van der Waals surface area (Å²) in [6.45, 7) is 1.97. The molecule has 0 saturated heterocycles. The maximum Gasteiger partial charge on any atom is 0.121 e. The van der Waals surface area contributed by atoms with Crippen molar-refractivity contribution < 1.29 is 4.74 Å². The van der Waals surface area contributed by atoms with Crippen molar-refractivity contribution in [1.29, 1.82) is 0 Å². The summed E-state index contributed by atoms with van der Waals surface area (Å²) in [5.41, 5.74) is 3.80. The van der Waals surface area contributed by atoms with Crippen LogP contribution in [0.1, 0.15) is 5.69 Å². The van der Waals surface area contributed by atoms with Gasteiger partial charge in [0.25, 0.3) is 0 Å². The molecule has 2 aromatic carbocycles. The number of halogens is 1. The van der Waals surface area contributed by atoms with E-state index in [1.54, 1.807) is 7.11 Å². The van der Waals surface area contributed by atoms with E-state index in [2.05, 4.69) is 10.3 Å². The van der Waals surface area contributed by atoms with E-state index in [1.165, 1.54) is 0 Å². The van der Waals surface area contributed by atoms with Crippen LogP contribution in [0.3, 0.4) is 0 Å². The van der Waals surface area contributed by atoms with Crippen molar-refractivity contribution in [3.63, 3.8) is 0 Å². The van der Waals surface area contributed by atoms with Crippen LogP contribution >= 0.6 is 11.6 Å². The van der Waals surface area contributed by atoms with Crippen LogP contribution in [-0.4, -0.2) is 12.1 Å². The molecule has 106 valence electrons. The molecule has 0 saturated carbocycles. The molecule has 0 aliphatic rings. The molecular weight excluding hydrogens is 284 g/mol. The van der Waals surface area contributed by atoms with Crippen molar-refractivity contribution in [3.8, 4) is 5.75 Å². The van der Waals surface area contributed by atoms with Gasteiger partial charge in [-0.05, 0) is 43.3 Å². The van der Waals surface area contributed by atoms with Gasteiger partial charge < -0.3 is 10.1 Å². The average Bonchev–Trinajstić information content (AvgIpc) is 2.46. The zero-order valence-corrected chi connectivity index (χ0v) is 12.6. The summed E-state index contributed by atoms with van der Waals surface area (Å²) in [6.07, 6.45) is 0. The Morgan fingerprint density at radius 1 is 1.10 bits per heavy atom. The van der Waals surface area contributed by atoms with Crippen molar-refractivity contribution in [2.24, 2.45) is 0 Å². The molecule has 0 amide bonds. The topological polar surface area (TPSA) is 34.1 Å². The van der Waals surface area contributed by atoms with Gasteiger partial charge in [-0.25, -0.2) is 0 Å². The van der Waals surface area contributed by atoms with E-state index < -0.39 is 0 Å². The third-order valence-electron chi connectivity index (χ3n) is 3.25. The molecule has 0 atom stereocenters. The highest BCUT2D eigenvalue weighted by Gasteiger charge is 2.06. The monoisotopic (exact) mass is 298 g/mol. The Hall–Kier alpha value is -2.26. The molecule has 21 heavy (non-hydrogen) atoms. The van der Waals surface area contributed by atoms with Crippen LogP contribution in [-0.2, 0) is 0 Å². The number of hydrogen-bond acceptors (Lipinski definition) is 3. The number of hydrogen-bond donors (Lipinski definition) is 1. The second-order valence-corrected chi connectivity index (χ2v) is 5.27. The molecular formula is C17H15ClN2O. The third-order valence-corrected chi connectivity index (χ3v) is 3.48. The molecule has 3 aromatic rings. The molecule has 0 bridgehead atoms. The Morgan fingerprint density at radius 3 is 2.71 bits per heavy atom. The molecule has 4 heteroatoms. The number of ether oxygens (including phenoxy) is 1. The summed E-state index contributed by atoms with van der Waals surface area (Å²) >= 11 is 6.03. The minimum atomic E-state index is 0.705. The van der Waals surface area contributed by atoms with E-state index in [0.717, 1.165) is 33.7 Å². The fraction of sp³-hybridized carbons (Fsp3) is 0.118. The maximum atomic E-state index is 6.03. The quantitative estimate of drug-likeness (QED) is 0.743. The van der Waals surface area contributed by atoms with Gasteiger partial charge in [-0.3, -0.25) is 4.98 Å². The first-order valence-electron chi connectivity index (χ1n) is 6.64. The van der Waals surface area contributed by atoms with E-state index in [9.17, 15) is 0 Å². The standard InChI is InChI=1S/C17H15ClN2O/c1-11-8-16(20-13-5-3-4-12(18)9-13)15-7-6-14(21-2)10-17(15)19-11/h3-10H,1-2H3,(H,19,20). The summed E-state index contributed by atoms with van der Waals surface area (Å²) < 4.78 is 5.26. The predicted octanol–water partition coefficient (Wildman–Crippen LogP) is 4.95. The van der Waals surface area contributed by atoms with Gasteiger partial charge in [0.15, 0.2) is 0 Å². The van der Waals surface area contributed by atoms with Crippen molar-refractivity contribution in [1.82, 2.24) is 4.98 Å². The number of rotatable bonds is 3. The molecule has 0 fully saturated rings. The fourth-order valence-corrected chi connectivity index (χ4v) is 2.48. The molecule has 1 heterocycles. The first-order chi connectivity index (χ1) is 10.2. The van der Waals surface area contributed by atoms with E-state index in [-0.39, 0.29) is 0 Å². The van der Waals surface area contributed by atoms with E-state index in [4.69, 9.17) is 16.3 Å². The number of fused-ring (bicyclic) bond motifs is 1. The first kappa shape index (κ1) is 13.7. The molecule has 0 aliphatic heterocycles. The van der Waals surface area contributed by atoms with Crippen LogP contribution in [0.5, 0.6) is 5.75 Å². The van der Waals surface area contributed by atoms with Gasteiger partial charge in [0.05, 0.1) is 12.6 Å². The lowest BCUT2D eigenvalue weighted by molar-refractivity contribution is 0.415. The van der Waals surface area contributed by atoms with Crippen molar-refractivity contribution >= 4 is 33.9 Å². The fourth-order valence-electron chi connectivity index (χ4n) is 2.29. The van der Waals surface area contributed by atoms with Crippen LogP contribution < -0.4 is 10.1 Å². The van der Waals surface area contributed by atoms with E-state index >= 15 is 0 Å². The Labute approximate surface area is 128 Å². The largest absolute Gasteiger partial charge is 0.497 e.